The molecular formula is C13H17N3S. The van der Waals surface area contributed by atoms with Gasteiger partial charge >= 0.3 is 0 Å². The van der Waals surface area contributed by atoms with Crippen LogP contribution in [0.15, 0.2) is 35.8 Å². The summed E-state index contributed by atoms with van der Waals surface area (Å²) in [5, 5.41) is 2.12. The number of likely N-dealkylation sites (N-methyl/N-ethyl adjacent to an activating group) is 1. The Balaban J connectivity index is 1.83. The number of hydrogen-bond donors (Lipinski definition) is 1. The molecular weight excluding hydrogens is 230 g/mol. The zero-order valence-electron chi connectivity index (χ0n) is 9.97. The van der Waals surface area contributed by atoms with Gasteiger partial charge in [-0.15, -0.1) is 11.3 Å². The first kappa shape index (κ1) is 12.1. The van der Waals surface area contributed by atoms with Crippen LogP contribution in [0.25, 0.3) is 0 Å². The van der Waals surface area contributed by atoms with Gasteiger partial charge in [0.2, 0.25) is 0 Å². The van der Waals surface area contributed by atoms with Crippen LogP contribution in [0.2, 0.25) is 0 Å². The van der Waals surface area contributed by atoms with Gasteiger partial charge in [0.25, 0.3) is 0 Å². The second kappa shape index (κ2) is 5.80. The second-order valence-corrected chi connectivity index (χ2v) is 5.19. The molecule has 17 heavy (non-hydrogen) atoms. The number of thiophene rings is 1. The minimum atomic E-state index is 0.592. The van der Waals surface area contributed by atoms with E-state index in [1.54, 1.807) is 6.20 Å². The largest absolute Gasteiger partial charge is 0.384 e. The van der Waals surface area contributed by atoms with Crippen LogP contribution in [0.3, 0.4) is 0 Å². The lowest BCUT2D eigenvalue weighted by atomic mass is 10.2. The summed E-state index contributed by atoms with van der Waals surface area (Å²) in [4.78, 5) is 7.73. The van der Waals surface area contributed by atoms with E-state index in [9.17, 15) is 0 Å². The van der Waals surface area contributed by atoms with E-state index in [-0.39, 0.29) is 0 Å². The summed E-state index contributed by atoms with van der Waals surface area (Å²) in [6.07, 6.45) is 2.87. The molecule has 0 atom stereocenters. The summed E-state index contributed by atoms with van der Waals surface area (Å²) in [5.74, 6) is 0.592. The topological polar surface area (TPSA) is 42.2 Å². The van der Waals surface area contributed by atoms with Crippen LogP contribution in [0.4, 0.5) is 5.82 Å². The quantitative estimate of drug-likeness (QED) is 0.882. The zero-order chi connectivity index (χ0) is 12.1. The van der Waals surface area contributed by atoms with Gasteiger partial charge in [0.05, 0.1) is 0 Å². The summed E-state index contributed by atoms with van der Waals surface area (Å²) >= 11 is 1.82. The molecule has 0 bridgehead atoms. The molecule has 0 saturated carbocycles. The molecule has 0 spiro atoms. The molecule has 2 aromatic rings. The third-order valence-corrected chi connectivity index (χ3v) is 3.55. The Morgan fingerprint density at radius 3 is 3.00 bits per heavy atom. The Labute approximate surface area is 106 Å². The van der Waals surface area contributed by atoms with E-state index >= 15 is 0 Å². The van der Waals surface area contributed by atoms with Crippen LogP contribution in [0.5, 0.6) is 0 Å². The van der Waals surface area contributed by atoms with E-state index in [2.05, 4.69) is 34.4 Å². The van der Waals surface area contributed by atoms with Gasteiger partial charge in [-0.3, -0.25) is 0 Å². The standard InChI is InChI=1S/C13H17N3S/c1-16(7-5-12-3-2-8-17-12)10-11-4-6-15-13(14)9-11/h2-4,6,8-9H,5,7,10H2,1H3,(H2,14,15). The summed E-state index contributed by atoms with van der Waals surface area (Å²) in [6, 6.07) is 8.23. The first-order valence-corrected chi connectivity index (χ1v) is 6.53. The highest BCUT2D eigenvalue weighted by Crippen LogP contribution is 2.11. The molecule has 0 amide bonds. The Kier molecular flexibility index (Phi) is 4.12. The summed E-state index contributed by atoms with van der Waals surface area (Å²) < 4.78 is 0. The summed E-state index contributed by atoms with van der Waals surface area (Å²) in [5.41, 5.74) is 6.87. The van der Waals surface area contributed by atoms with Gasteiger partial charge in [0.1, 0.15) is 5.82 Å². The van der Waals surface area contributed by atoms with E-state index in [0.29, 0.717) is 5.82 Å². The Morgan fingerprint density at radius 1 is 1.41 bits per heavy atom. The highest BCUT2D eigenvalue weighted by Gasteiger charge is 2.02. The van der Waals surface area contributed by atoms with Crippen molar-refractivity contribution in [2.75, 3.05) is 19.3 Å². The molecule has 0 saturated heterocycles. The van der Waals surface area contributed by atoms with Gasteiger partial charge in [-0.2, -0.15) is 0 Å². The molecule has 2 heterocycles. The van der Waals surface area contributed by atoms with Crippen molar-refractivity contribution in [1.82, 2.24) is 9.88 Å². The van der Waals surface area contributed by atoms with E-state index in [1.807, 2.05) is 23.5 Å². The van der Waals surface area contributed by atoms with E-state index in [0.717, 1.165) is 19.5 Å². The fourth-order valence-corrected chi connectivity index (χ4v) is 2.44. The summed E-state index contributed by atoms with van der Waals surface area (Å²) in [7, 11) is 2.13. The van der Waals surface area contributed by atoms with Gasteiger partial charge < -0.3 is 10.6 Å². The van der Waals surface area contributed by atoms with Crippen molar-refractivity contribution in [1.29, 1.82) is 0 Å². The molecule has 3 nitrogen and oxygen atoms in total. The fraction of sp³-hybridized carbons (Fsp3) is 0.308. The molecule has 90 valence electrons. The van der Waals surface area contributed by atoms with Crippen molar-refractivity contribution in [3.05, 3.63) is 46.3 Å². The Bertz CT molecular complexity index is 453. The molecule has 2 N–H and O–H groups in total. The number of anilines is 1. The number of pyridine rings is 1. The van der Waals surface area contributed by atoms with E-state index in [4.69, 9.17) is 5.73 Å². The minimum absolute atomic E-state index is 0.592. The van der Waals surface area contributed by atoms with E-state index in [1.165, 1.54) is 10.4 Å². The molecule has 0 aliphatic rings. The first-order chi connectivity index (χ1) is 8.24. The first-order valence-electron chi connectivity index (χ1n) is 5.65. The van der Waals surface area contributed by atoms with Crippen LogP contribution < -0.4 is 5.73 Å². The second-order valence-electron chi connectivity index (χ2n) is 4.16. The number of rotatable bonds is 5. The van der Waals surface area contributed by atoms with Crippen LogP contribution in [0.1, 0.15) is 10.4 Å². The number of nitrogen functional groups attached to an aromatic ring is 1. The molecule has 4 heteroatoms. The average Bonchev–Trinajstić information content (AvgIpc) is 2.79. The zero-order valence-corrected chi connectivity index (χ0v) is 10.8. The molecule has 0 radical (unpaired) electrons. The van der Waals surface area contributed by atoms with Crippen molar-refractivity contribution in [2.24, 2.45) is 0 Å². The van der Waals surface area contributed by atoms with Crippen molar-refractivity contribution < 1.29 is 0 Å². The maximum Gasteiger partial charge on any atom is 0.123 e. The van der Waals surface area contributed by atoms with Gasteiger partial charge in [-0.25, -0.2) is 4.98 Å². The lowest BCUT2D eigenvalue weighted by molar-refractivity contribution is 0.332. The maximum absolute atomic E-state index is 5.66. The van der Waals surface area contributed by atoms with E-state index < -0.39 is 0 Å². The predicted molar refractivity (Wildman–Crippen MR) is 73.0 cm³/mol. The Morgan fingerprint density at radius 2 is 2.29 bits per heavy atom. The maximum atomic E-state index is 5.66. The average molecular weight is 247 g/mol. The lowest BCUT2D eigenvalue weighted by Crippen LogP contribution is -2.20. The molecule has 0 fully saturated rings. The van der Waals surface area contributed by atoms with Crippen LogP contribution in [0, 0.1) is 0 Å². The van der Waals surface area contributed by atoms with Crippen molar-refractivity contribution in [3.63, 3.8) is 0 Å². The highest BCUT2D eigenvalue weighted by atomic mass is 32.1. The Hall–Kier alpha value is -1.39. The number of nitrogens with two attached hydrogens (primary N) is 1. The third-order valence-electron chi connectivity index (χ3n) is 2.62. The third kappa shape index (κ3) is 3.84. The predicted octanol–water partition coefficient (Wildman–Crippen LogP) is 2.40. The van der Waals surface area contributed by atoms with Crippen LogP contribution in [-0.2, 0) is 13.0 Å². The van der Waals surface area contributed by atoms with Gasteiger partial charge in [-0.1, -0.05) is 6.07 Å². The normalized spacial score (nSPS) is 10.9. The molecule has 0 aromatic carbocycles. The van der Waals surface area contributed by atoms with Crippen LogP contribution in [-0.4, -0.2) is 23.5 Å². The minimum Gasteiger partial charge on any atom is -0.384 e. The monoisotopic (exact) mass is 247 g/mol. The fourth-order valence-electron chi connectivity index (χ4n) is 1.74. The molecule has 0 aliphatic heterocycles. The van der Waals surface area contributed by atoms with Gasteiger partial charge in [0, 0.05) is 24.2 Å². The molecule has 0 unspecified atom stereocenters. The summed E-state index contributed by atoms with van der Waals surface area (Å²) in [6.45, 7) is 1.97. The lowest BCUT2D eigenvalue weighted by Gasteiger charge is -2.16. The van der Waals surface area contributed by atoms with Gasteiger partial charge in [0.15, 0.2) is 0 Å². The highest BCUT2D eigenvalue weighted by molar-refractivity contribution is 7.09. The number of hydrogen-bond acceptors (Lipinski definition) is 4. The molecule has 2 rings (SSSR count). The SMILES string of the molecule is CN(CCc1cccs1)Cc1ccnc(N)c1. The van der Waals surface area contributed by atoms with Crippen molar-refractivity contribution >= 4 is 17.2 Å². The molecule has 0 aliphatic carbocycles. The smallest absolute Gasteiger partial charge is 0.123 e. The van der Waals surface area contributed by atoms with Crippen molar-refractivity contribution in [2.45, 2.75) is 13.0 Å². The van der Waals surface area contributed by atoms with Crippen molar-refractivity contribution in [3.8, 4) is 0 Å². The van der Waals surface area contributed by atoms with Gasteiger partial charge in [-0.05, 0) is 42.6 Å². The van der Waals surface area contributed by atoms with Crippen LogP contribution >= 0.6 is 11.3 Å². The number of aromatic nitrogens is 1. The molecule has 2 aromatic heterocycles. The number of nitrogens with zero attached hydrogens (tertiary/aromatic N) is 2.